The Labute approximate surface area is 260 Å². The van der Waals surface area contributed by atoms with Gasteiger partial charge in [-0.15, -0.1) is 0 Å². The molecule has 0 spiro atoms. The van der Waals surface area contributed by atoms with Crippen LogP contribution in [0, 0.1) is 13.8 Å². The number of hydrogen-bond acceptors (Lipinski definition) is 7. The third-order valence-electron chi connectivity index (χ3n) is 6.66. The van der Waals surface area contributed by atoms with Gasteiger partial charge in [0.05, 0.1) is 23.0 Å². The number of nitrogens with zero attached hydrogens (tertiary/aromatic N) is 1. The predicted octanol–water partition coefficient (Wildman–Crippen LogP) is 7.95. The standard InChI is InChI=1S/C33H36BrNO6S/c1-21-7-8-22(2)27(17-21)40-14-13-35-31(36)29(42-32(35)37)20-23-18-26(34)30(28(19-23)38-6)41-16-15-39-25-11-9-24(10-12-25)33(3,4)5/h7-12,17-20H,13-16H2,1-6H3/b29-20-. The number of halogens is 1. The summed E-state index contributed by atoms with van der Waals surface area (Å²) in [6, 6.07) is 17.6. The summed E-state index contributed by atoms with van der Waals surface area (Å²) in [4.78, 5) is 27.2. The first-order chi connectivity index (χ1) is 20.0. The van der Waals surface area contributed by atoms with Crippen molar-refractivity contribution in [2.24, 2.45) is 0 Å². The van der Waals surface area contributed by atoms with E-state index in [0.717, 1.165) is 34.4 Å². The molecule has 0 unspecified atom stereocenters. The molecule has 2 amide bonds. The minimum absolute atomic E-state index is 0.0846. The van der Waals surface area contributed by atoms with E-state index in [9.17, 15) is 9.59 Å². The van der Waals surface area contributed by atoms with Gasteiger partial charge in [-0.05, 0) is 106 Å². The highest BCUT2D eigenvalue weighted by Crippen LogP contribution is 2.39. The maximum Gasteiger partial charge on any atom is 0.293 e. The molecule has 1 heterocycles. The lowest BCUT2D eigenvalue weighted by Crippen LogP contribution is -2.32. The van der Waals surface area contributed by atoms with E-state index in [2.05, 4.69) is 48.8 Å². The van der Waals surface area contributed by atoms with Gasteiger partial charge in [-0.3, -0.25) is 14.5 Å². The Morgan fingerprint density at radius 3 is 2.29 bits per heavy atom. The maximum absolute atomic E-state index is 13.0. The molecule has 0 bridgehead atoms. The molecular formula is C33H36BrNO6S. The van der Waals surface area contributed by atoms with Crippen molar-refractivity contribution in [1.29, 1.82) is 0 Å². The fraction of sp³-hybridized carbons (Fsp3) is 0.333. The maximum atomic E-state index is 13.0. The number of benzene rings is 3. The molecular weight excluding hydrogens is 618 g/mol. The molecule has 7 nitrogen and oxygen atoms in total. The van der Waals surface area contributed by atoms with E-state index in [1.54, 1.807) is 19.3 Å². The summed E-state index contributed by atoms with van der Waals surface area (Å²) in [5, 5.41) is -0.324. The van der Waals surface area contributed by atoms with E-state index in [-0.39, 0.29) is 29.7 Å². The second-order valence-corrected chi connectivity index (χ2v) is 12.8. The summed E-state index contributed by atoms with van der Waals surface area (Å²) in [6.07, 6.45) is 1.68. The Bertz CT molecular complexity index is 1480. The lowest BCUT2D eigenvalue weighted by atomic mass is 9.87. The molecule has 9 heteroatoms. The van der Waals surface area contributed by atoms with E-state index in [1.165, 1.54) is 10.5 Å². The Morgan fingerprint density at radius 2 is 1.60 bits per heavy atom. The molecule has 1 fully saturated rings. The molecule has 1 aliphatic rings. The highest BCUT2D eigenvalue weighted by Gasteiger charge is 2.35. The van der Waals surface area contributed by atoms with Crippen molar-refractivity contribution in [2.75, 3.05) is 33.5 Å². The zero-order valence-electron chi connectivity index (χ0n) is 24.8. The van der Waals surface area contributed by atoms with E-state index < -0.39 is 0 Å². The van der Waals surface area contributed by atoms with Gasteiger partial charge in [-0.1, -0.05) is 45.0 Å². The lowest BCUT2D eigenvalue weighted by Gasteiger charge is -2.19. The number of carbonyl (C=O) groups excluding carboxylic acids is 2. The van der Waals surface area contributed by atoms with Crippen LogP contribution < -0.4 is 18.9 Å². The van der Waals surface area contributed by atoms with Gasteiger partial charge >= 0.3 is 0 Å². The molecule has 42 heavy (non-hydrogen) atoms. The molecule has 0 saturated carbocycles. The number of amides is 2. The average Bonchev–Trinajstić information content (AvgIpc) is 3.20. The summed E-state index contributed by atoms with van der Waals surface area (Å²) >= 11 is 4.46. The Morgan fingerprint density at radius 1 is 0.881 bits per heavy atom. The van der Waals surface area contributed by atoms with Crippen molar-refractivity contribution in [2.45, 2.75) is 40.0 Å². The molecule has 1 aliphatic heterocycles. The molecule has 0 N–H and O–H groups in total. The third-order valence-corrected chi connectivity index (χ3v) is 8.15. The summed E-state index contributed by atoms with van der Waals surface area (Å²) < 4.78 is 23.9. The van der Waals surface area contributed by atoms with Crippen LogP contribution in [0.25, 0.3) is 6.08 Å². The number of rotatable bonds is 11. The molecule has 0 atom stereocenters. The Balaban J connectivity index is 1.35. The lowest BCUT2D eigenvalue weighted by molar-refractivity contribution is -0.123. The number of carbonyl (C=O) groups is 2. The van der Waals surface area contributed by atoms with Gasteiger partial charge in [-0.25, -0.2) is 0 Å². The van der Waals surface area contributed by atoms with E-state index in [4.69, 9.17) is 18.9 Å². The first-order valence-electron chi connectivity index (χ1n) is 13.7. The van der Waals surface area contributed by atoms with Crippen molar-refractivity contribution in [3.05, 3.63) is 86.2 Å². The quantitative estimate of drug-likeness (QED) is 0.154. The van der Waals surface area contributed by atoms with Gasteiger partial charge in [0.1, 0.15) is 31.3 Å². The molecule has 3 aromatic carbocycles. The zero-order valence-corrected chi connectivity index (χ0v) is 27.2. The molecule has 0 aromatic heterocycles. The number of aryl methyl sites for hydroxylation is 2. The van der Waals surface area contributed by atoms with Crippen LogP contribution in [-0.2, 0) is 10.2 Å². The van der Waals surface area contributed by atoms with Gasteiger partial charge < -0.3 is 18.9 Å². The first kappa shape index (κ1) is 31.5. The smallest absolute Gasteiger partial charge is 0.293 e. The van der Waals surface area contributed by atoms with Gasteiger partial charge in [0.25, 0.3) is 11.1 Å². The fourth-order valence-corrected chi connectivity index (χ4v) is 5.71. The number of ether oxygens (including phenoxy) is 4. The highest BCUT2D eigenvalue weighted by molar-refractivity contribution is 9.10. The fourth-order valence-electron chi connectivity index (χ4n) is 4.27. The van der Waals surface area contributed by atoms with Crippen molar-refractivity contribution in [3.8, 4) is 23.0 Å². The summed E-state index contributed by atoms with van der Waals surface area (Å²) in [5.41, 5.74) is 4.10. The van der Waals surface area contributed by atoms with E-state index in [1.807, 2.05) is 50.2 Å². The molecule has 1 saturated heterocycles. The van der Waals surface area contributed by atoms with Gasteiger partial charge in [0, 0.05) is 0 Å². The second kappa shape index (κ2) is 13.7. The van der Waals surface area contributed by atoms with Crippen LogP contribution in [0.15, 0.2) is 64.0 Å². The third kappa shape index (κ3) is 7.89. The van der Waals surface area contributed by atoms with E-state index in [0.29, 0.717) is 39.7 Å². The minimum Gasteiger partial charge on any atom is -0.493 e. The monoisotopic (exact) mass is 653 g/mol. The summed E-state index contributed by atoms with van der Waals surface area (Å²) in [7, 11) is 1.55. The van der Waals surface area contributed by atoms with Crippen molar-refractivity contribution in [3.63, 3.8) is 0 Å². The van der Waals surface area contributed by atoms with Crippen molar-refractivity contribution in [1.82, 2.24) is 4.90 Å². The Hall–Kier alpha value is -3.43. The van der Waals surface area contributed by atoms with Crippen LogP contribution in [0.1, 0.15) is 43.0 Å². The van der Waals surface area contributed by atoms with Gasteiger partial charge in [-0.2, -0.15) is 0 Å². The molecule has 0 aliphatic carbocycles. The zero-order chi connectivity index (χ0) is 30.4. The van der Waals surface area contributed by atoms with Crippen LogP contribution in [0.3, 0.4) is 0 Å². The average molecular weight is 655 g/mol. The number of thioether (sulfide) groups is 1. The van der Waals surface area contributed by atoms with Gasteiger partial charge in [0.15, 0.2) is 11.5 Å². The number of imide groups is 1. The molecule has 222 valence electrons. The molecule has 3 aromatic rings. The van der Waals surface area contributed by atoms with Crippen LogP contribution in [0.2, 0.25) is 0 Å². The normalized spacial score (nSPS) is 14.5. The highest BCUT2D eigenvalue weighted by atomic mass is 79.9. The van der Waals surface area contributed by atoms with Crippen LogP contribution in [0.4, 0.5) is 4.79 Å². The second-order valence-electron chi connectivity index (χ2n) is 11.0. The molecule has 4 rings (SSSR count). The first-order valence-corrected chi connectivity index (χ1v) is 15.3. The topological polar surface area (TPSA) is 74.3 Å². The summed E-state index contributed by atoms with van der Waals surface area (Å²) in [5.74, 6) is 2.19. The van der Waals surface area contributed by atoms with E-state index >= 15 is 0 Å². The Kier molecular flexibility index (Phi) is 10.3. The predicted molar refractivity (Wildman–Crippen MR) is 171 cm³/mol. The molecule has 0 radical (unpaired) electrons. The number of methoxy groups -OCH3 is 1. The number of hydrogen-bond donors (Lipinski definition) is 0. The van der Waals surface area contributed by atoms with Crippen LogP contribution in [0.5, 0.6) is 23.0 Å². The minimum atomic E-state index is -0.349. The van der Waals surface area contributed by atoms with Crippen molar-refractivity contribution < 1.29 is 28.5 Å². The summed E-state index contributed by atoms with van der Waals surface area (Å²) in [6.45, 7) is 11.5. The van der Waals surface area contributed by atoms with Gasteiger partial charge in [0.2, 0.25) is 0 Å². The largest absolute Gasteiger partial charge is 0.493 e. The van der Waals surface area contributed by atoms with Crippen LogP contribution >= 0.6 is 27.7 Å². The van der Waals surface area contributed by atoms with Crippen molar-refractivity contribution >= 4 is 44.9 Å². The van der Waals surface area contributed by atoms with Crippen LogP contribution in [-0.4, -0.2) is 49.5 Å². The SMILES string of the molecule is COc1cc(/C=C2\SC(=O)N(CCOc3cc(C)ccc3C)C2=O)cc(Br)c1OCCOc1ccc(C(C)(C)C)cc1.